The fourth-order valence-electron chi connectivity index (χ4n) is 8.70. The number of ketones is 1. The molecule has 0 unspecified atom stereocenters. The molecule has 1 spiro atoms. The SMILES string of the molecule is CC1(C)C[C@H](O)[C@H]2OO[C@]3(O)[C@@H](O)[C@H]1[C@]2(C)[C@@H]1CC[C@@H]2[C@H](O)[C@@]13C(=O)C2(C)C. The lowest BCUT2D eigenvalue weighted by Crippen LogP contribution is -2.79. The minimum atomic E-state index is -2.36. The first-order valence-electron chi connectivity index (χ1n) is 10.4. The number of aliphatic hydroxyl groups is 4. The lowest BCUT2D eigenvalue weighted by atomic mass is 9.37. The van der Waals surface area contributed by atoms with Gasteiger partial charge in [0, 0.05) is 16.7 Å². The third-order valence-corrected chi connectivity index (χ3v) is 9.60. The first kappa shape index (κ1) is 19.4. The van der Waals surface area contributed by atoms with Gasteiger partial charge in [0.1, 0.15) is 17.6 Å². The van der Waals surface area contributed by atoms with Crippen molar-refractivity contribution < 1.29 is 35.0 Å². The number of rotatable bonds is 0. The van der Waals surface area contributed by atoms with Crippen LogP contribution in [0.15, 0.2) is 0 Å². The van der Waals surface area contributed by atoms with Gasteiger partial charge in [-0.05, 0) is 36.5 Å². The molecule has 10 atom stereocenters. The highest BCUT2D eigenvalue weighted by atomic mass is 17.2. The Labute approximate surface area is 165 Å². The van der Waals surface area contributed by atoms with E-state index in [2.05, 4.69) is 0 Å². The number of aliphatic hydroxyl groups excluding tert-OH is 3. The van der Waals surface area contributed by atoms with Crippen molar-refractivity contribution in [3.8, 4) is 0 Å². The van der Waals surface area contributed by atoms with Crippen molar-refractivity contribution in [2.24, 2.45) is 39.4 Å². The van der Waals surface area contributed by atoms with E-state index < -0.39 is 63.7 Å². The predicted octanol–water partition coefficient (Wildman–Crippen LogP) is 0.776. The zero-order valence-electron chi connectivity index (χ0n) is 17.2. The van der Waals surface area contributed by atoms with Crippen LogP contribution in [0.2, 0.25) is 0 Å². The number of fused-ring (bicyclic) bond motifs is 2. The number of carbonyl (C=O) groups excluding carboxylic acids is 1. The van der Waals surface area contributed by atoms with Crippen molar-refractivity contribution in [3.63, 3.8) is 0 Å². The van der Waals surface area contributed by atoms with Crippen molar-refractivity contribution in [2.75, 3.05) is 0 Å². The van der Waals surface area contributed by atoms with Crippen LogP contribution in [0.25, 0.3) is 0 Å². The van der Waals surface area contributed by atoms with E-state index in [-0.39, 0.29) is 11.7 Å². The monoisotopic (exact) mass is 396 g/mol. The van der Waals surface area contributed by atoms with E-state index in [1.165, 1.54) is 0 Å². The molecule has 0 aromatic carbocycles. The van der Waals surface area contributed by atoms with E-state index in [4.69, 9.17) is 9.78 Å². The smallest absolute Gasteiger partial charge is 0.241 e. The number of hydrogen-bond acceptors (Lipinski definition) is 7. The summed E-state index contributed by atoms with van der Waals surface area (Å²) in [7, 11) is 0. The molecular formula is C21H32O7. The van der Waals surface area contributed by atoms with Crippen LogP contribution in [-0.2, 0) is 14.6 Å². The summed E-state index contributed by atoms with van der Waals surface area (Å²) in [6.45, 7) is 9.46. The number of hydrogen-bond donors (Lipinski definition) is 4. The van der Waals surface area contributed by atoms with Crippen LogP contribution >= 0.6 is 0 Å². The van der Waals surface area contributed by atoms with Gasteiger partial charge in [0.15, 0.2) is 5.78 Å². The Hall–Kier alpha value is -0.570. The Balaban J connectivity index is 1.84. The maximum absolute atomic E-state index is 13.8. The topological polar surface area (TPSA) is 116 Å². The molecule has 7 heteroatoms. The van der Waals surface area contributed by atoms with E-state index in [0.29, 0.717) is 19.3 Å². The summed E-state index contributed by atoms with van der Waals surface area (Å²) in [5, 5.41) is 45.7. The number of carbonyl (C=O) groups is 1. The van der Waals surface area contributed by atoms with E-state index in [1.54, 1.807) is 13.8 Å². The first-order valence-corrected chi connectivity index (χ1v) is 10.4. The standard InChI is InChI=1S/C21H32O7/c1-17(2)8-10(22)15-19(5)11-7-6-9-13(23)20(11,16(25)18(9,3)4)21(26,28-27-15)14(24)12(17)19/h9-15,22-24,26H,6-8H2,1-5H3/t9-,10+,11+,12-,13+,14+,15-,19+,20-,21-/m1/s1. The molecule has 6 bridgehead atoms. The third-order valence-electron chi connectivity index (χ3n) is 9.60. The molecule has 6 rings (SSSR count). The quantitative estimate of drug-likeness (QED) is 0.447. The van der Waals surface area contributed by atoms with Crippen molar-refractivity contribution in [2.45, 2.75) is 84.1 Å². The highest BCUT2D eigenvalue weighted by Crippen LogP contribution is 2.77. The lowest BCUT2D eigenvalue weighted by molar-refractivity contribution is -0.473. The van der Waals surface area contributed by atoms with Gasteiger partial charge >= 0.3 is 0 Å². The van der Waals surface area contributed by atoms with Gasteiger partial charge < -0.3 is 20.4 Å². The molecule has 0 aromatic heterocycles. The second-order valence-electron chi connectivity index (χ2n) is 11.4. The van der Waals surface area contributed by atoms with Crippen LogP contribution in [0.3, 0.4) is 0 Å². The van der Waals surface area contributed by atoms with Crippen LogP contribution in [0, 0.1) is 39.4 Å². The van der Waals surface area contributed by atoms with E-state index in [9.17, 15) is 25.2 Å². The molecule has 2 heterocycles. The molecule has 4 aliphatic carbocycles. The predicted molar refractivity (Wildman–Crippen MR) is 96.4 cm³/mol. The van der Waals surface area contributed by atoms with Crippen LogP contribution in [0.5, 0.6) is 0 Å². The second-order valence-corrected chi connectivity index (χ2v) is 11.4. The molecular weight excluding hydrogens is 364 g/mol. The Morgan fingerprint density at radius 2 is 1.64 bits per heavy atom. The average Bonchev–Trinajstić information content (AvgIpc) is 2.68. The van der Waals surface area contributed by atoms with E-state index >= 15 is 0 Å². The maximum atomic E-state index is 13.8. The molecule has 2 saturated heterocycles. The maximum Gasteiger partial charge on any atom is 0.241 e. The van der Waals surface area contributed by atoms with Gasteiger partial charge in [-0.15, -0.1) is 0 Å². The zero-order valence-corrected chi connectivity index (χ0v) is 17.2. The fraction of sp³-hybridized carbons (Fsp3) is 0.952. The second kappa shape index (κ2) is 5.01. The average molecular weight is 396 g/mol. The van der Waals surface area contributed by atoms with Gasteiger partial charge in [-0.3, -0.25) is 4.79 Å². The highest BCUT2D eigenvalue weighted by molar-refractivity contribution is 5.95. The first-order chi connectivity index (χ1) is 12.8. The molecule has 0 aromatic rings. The summed E-state index contributed by atoms with van der Waals surface area (Å²) < 4.78 is 0. The molecule has 28 heavy (non-hydrogen) atoms. The van der Waals surface area contributed by atoms with Gasteiger partial charge in [-0.25, -0.2) is 4.89 Å². The van der Waals surface area contributed by atoms with Crippen LogP contribution in [0.1, 0.15) is 53.9 Å². The Morgan fingerprint density at radius 1 is 1.00 bits per heavy atom. The van der Waals surface area contributed by atoms with E-state index in [0.717, 1.165) is 0 Å². The molecule has 0 amide bonds. The molecule has 6 aliphatic rings. The minimum Gasteiger partial charge on any atom is -0.392 e. The zero-order chi connectivity index (χ0) is 20.7. The van der Waals surface area contributed by atoms with Crippen LogP contribution < -0.4 is 0 Å². The summed E-state index contributed by atoms with van der Waals surface area (Å²) in [6, 6.07) is 0. The van der Waals surface area contributed by atoms with Gasteiger partial charge in [0.2, 0.25) is 5.79 Å². The van der Waals surface area contributed by atoms with Gasteiger partial charge in [0.05, 0.1) is 12.2 Å². The van der Waals surface area contributed by atoms with Gasteiger partial charge in [-0.1, -0.05) is 34.6 Å². The molecule has 2 aliphatic heterocycles. The Bertz CT molecular complexity index is 749. The number of Topliss-reactive ketones (excluding diaryl/α,β-unsaturated/α-hetero) is 1. The van der Waals surface area contributed by atoms with Crippen LogP contribution in [-0.4, -0.2) is 56.4 Å². The van der Waals surface area contributed by atoms with Crippen molar-refractivity contribution >= 4 is 5.78 Å². The Morgan fingerprint density at radius 3 is 2.29 bits per heavy atom. The normalized spacial score (nSPS) is 61.0. The Kier molecular flexibility index (Phi) is 3.47. The van der Waals surface area contributed by atoms with Crippen molar-refractivity contribution in [1.82, 2.24) is 0 Å². The molecule has 158 valence electrons. The molecule has 6 fully saturated rings. The largest absolute Gasteiger partial charge is 0.392 e. The summed E-state index contributed by atoms with van der Waals surface area (Å²) in [5.74, 6) is -3.89. The molecule has 7 nitrogen and oxygen atoms in total. The molecule has 4 N–H and O–H groups in total. The summed E-state index contributed by atoms with van der Waals surface area (Å²) in [4.78, 5) is 25.0. The van der Waals surface area contributed by atoms with Gasteiger partial charge in [-0.2, -0.15) is 4.89 Å². The van der Waals surface area contributed by atoms with Crippen LogP contribution in [0.4, 0.5) is 0 Å². The third kappa shape index (κ3) is 1.63. The summed E-state index contributed by atoms with van der Waals surface area (Å²) >= 11 is 0. The highest BCUT2D eigenvalue weighted by Gasteiger charge is 2.87. The summed E-state index contributed by atoms with van der Waals surface area (Å²) in [5.41, 5.74) is -3.88. The lowest BCUT2D eigenvalue weighted by Gasteiger charge is -2.67. The minimum absolute atomic E-state index is 0.275. The fourth-order valence-corrected chi connectivity index (χ4v) is 8.70. The van der Waals surface area contributed by atoms with Crippen molar-refractivity contribution in [1.29, 1.82) is 0 Å². The van der Waals surface area contributed by atoms with E-state index in [1.807, 2.05) is 20.8 Å². The summed E-state index contributed by atoms with van der Waals surface area (Å²) in [6.07, 6.45) is -2.59. The van der Waals surface area contributed by atoms with Gasteiger partial charge in [0.25, 0.3) is 0 Å². The van der Waals surface area contributed by atoms with Crippen molar-refractivity contribution in [3.05, 3.63) is 0 Å². The molecule has 4 saturated carbocycles. The molecule has 0 radical (unpaired) electrons.